The molecule has 1 amide bonds. The van der Waals surface area contributed by atoms with E-state index in [1.54, 1.807) is 20.8 Å². The van der Waals surface area contributed by atoms with Gasteiger partial charge in [-0.15, -0.1) is 6.58 Å². The van der Waals surface area contributed by atoms with Gasteiger partial charge in [0.1, 0.15) is 5.60 Å². The van der Waals surface area contributed by atoms with Crippen LogP contribution in [0.1, 0.15) is 34.6 Å². The number of nitrogens with zero attached hydrogens (tertiary/aromatic N) is 1. The first-order valence-electron chi connectivity index (χ1n) is 7.01. The molecule has 1 unspecified atom stereocenters. The van der Waals surface area contributed by atoms with Gasteiger partial charge in [-0.05, 0) is 20.8 Å². The van der Waals surface area contributed by atoms with Gasteiger partial charge in [-0.2, -0.15) is 0 Å². The molecular weight excluding hydrogens is 290 g/mol. The van der Waals surface area contributed by atoms with Crippen molar-refractivity contribution in [3.05, 3.63) is 12.7 Å². The molecule has 0 N–H and O–H groups in total. The van der Waals surface area contributed by atoms with E-state index in [-0.39, 0.29) is 6.54 Å². The number of rotatable bonds is 3. The van der Waals surface area contributed by atoms with Crippen molar-refractivity contribution >= 4 is 18.0 Å². The normalized spacial score (nSPS) is 24.6. The lowest BCUT2D eigenvalue weighted by molar-refractivity contribution is -0.161. The zero-order chi connectivity index (χ0) is 17.1. The van der Waals surface area contributed by atoms with Gasteiger partial charge in [-0.3, -0.25) is 14.5 Å². The number of hydrogen-bond acceptors (Lipinski definition) is 6. The van der Waals surface area contributed by atoms with Crippen LogP contribution in [0.15, 0.2) is 12.7 Å². The van der Waals surface area contributed by atoms with Crippen LogP contribution in [0.5, 0.6) is 0 Å². The standard InChI is InChI=1S/C15H23NO6/c1-7-11-13(21-10(3)18)12(20-9(2)17)8-16(11)14(19)22-15(4,5)6/h7,11-13H,1,8H2,2-6H3/t11?,12-,13-/m1/s1. The van der Waals surface area contributed by atoms with Gasteiger partial charge in [0.05, 0.1) is 12.6 Å². The molecule has 3 atom stereocenters. The molecule has 1 fully saturated rings. The zero-order valence-corrected chi connectivity index (χ0v) is 13.6. The summed E-state index contributed by atoms with van der Waals surface area (Å²) in [4.78, 5) is 36.1. The minimum atomic E-state index is -0.800. The van der Waals surface area contributed by atoms with E-state index in [9.17, 15) is 14.4 Å². The minimum absolute atomic E-state index is 0.0725. The third kappa shape index (κ3) is 4.75. The molecule has 0 saturated carbocycles. The molecule has 0 aliphatic carbocycles. The predicted octanol–water partition coefficient (Wildman–Crippen LogP) is 1.66. The van der Waals surface area contributed by atoms with E-state index in [0.717, 1.165) is 0 Å². The lowest BCUT2D eigenvalue weighted by Gasteiger charge is -2.28. The van der Waals surface area contributed by atoms with Crippen LogP contribution in [0, 0.1) is 0 Å². The smallest absolute Gasteiger partial charge is 0.411 e. The van der Waals surface area contributed by atoms with E-state index in [4.69, 9.17) is 14.2 Å². The molecule has 0 aromatic heterocycles. The molecule has 0 bridgehead atoms. The molecule has 1 saturated heterocycles. The molecule has 7 heteroatoms. The molecule has 22 heavy (non-hydrogen) atoms. The summed E-state index contributed by atoms with van der Waals surface area (Å²) in [5.41, 5.74) is -0.667. The van der Waals surface area contributed by atoms with Gasteiger partial charge in [-0.25, -0.2) is 4.79 Å². The number of ether oxygens (including phenoxy) is 3. The first kappa shape index (κ1) is 18.0. The highest BCUT2D eigenvalue weighted by molar-refractivity contribution is 5.71. The molecule has 7 nitrogen and oxygen atoms in total. The van der Waals surface area contributed by atoms with Gasteiger partial charge in [0, 0.05) is 13.8 Å². The summed E-state index contributed by atoms with van der Waals surface area (Å²) in [6.07, 6.45) is -0.659. The quantitative estimate of drug-likeness (QED) is 0.448. The highest BCUT2D eigenvalue weighted by Crippen LogP contribution is 2.27. The van der Waals surface area contributed by atoms with E-state index in [1.165, 1.54) is 24.8 Å². The molecular formula is C15H23NO6. The second kappa shape index (κ2) is 6.81. The van der Waals surface area contributed by atoms with Crippen LogP contribution >= 0.6 is 0 Å². The maximum absolute atomic E-state index is 12.3. The van der Waals surface area contributed by atoms with E-state index < -0.39 is 41.9 Å². The van der Waals surface area contributed by atoms with Crippen molar-refractivity contribution in [2.45, 2.75) is 58.5 Å². The first-order valence-corrected chi connectivity index (χ1v) is 7.01. The summed E-state index contributed by atoms with van der Waals surface area (Å²) >= 11 is 0. The second-order valence-electron chi connectivity index (χ2n) is 6.08. The van der Waals surface area contributed by atoms with Gasteiger partial charge in [0.25, 0.3) is 0 Å². The fourth-order valence-corrected chi connectivity index (χ4v) is 2.25. The number of likely N-dealkylation sites (tertiary alicyclic amines) is 1. The third-order valence-corrected chi connectivity index (χ3v) is 2.93. The Bertz CT molecular complexity index is 467. The van der Waals surface area contributed by atoms with Crippen LogP contribution < -0.4 is 0 Å². The number of carbonyl (C=O) groups is 3. The van der Waals surface area contributed by atoms with Gasteiger partial charge in [0.15, 0.2) is 12.2 Å². The fraction of sp³-hybridized carbons (Fsp3) is 0.667. The lowest BCUT2D eigenvalue weighted by atomic mass is 10.1. The molecule has 0 aromatic rings. The molecule has 124 valence electrons. The monoisotopic (exact) mass is 313 g/mol. The lowest BCUT2D eigenvalue weighted by Crippen LogP contribution is -2.42. The van der Waals surface area contributed by atoms with Gasteiger partial charge in [-0.1, -0.05) is 6.08 Å². The summed E-state index contributed by atoms with van der Waals surface area (Å²) in [5, 5.41) is 0. The predicted molar refractivity (Wildman–Crippen MR) is 78.0 cm³/mol. The molecule has 0 spiro atoms. The van der Waals surface area contributed by atoms with E-state index in [0.29, 0.717) is 0 Å². The molecule has 1 rings (SSSR count). The topological polar surface area (TPSA) is 82.1 Å². The van der Waals surface area contributed by atoms with Gasteiger partial charge < -0.3 is 14.2 Å². The molecule has 1 aliphatic rings. The highest BCUT2D eigenvalue weighted by atomic mass is 16.6. The molecule has 1 heterocycles. The van der Waals surface area contributed by atoms with Gasteiger partial charge in [0.2, 0.25) is 0 Å². The SMILES string of the molecule is C=CC1[C@@H](OC(C)=O)[C@H](OC(C)=O)CN1C(=O)OC(C)(C)C. The van der Waals surface area contributed by atoms with Crippen molar-refractivity contribution in [3.63, 3.8) is 0 Å². The Kier molecular flexibility index (Phi) is 5.57. The van der Waals surface area contributed by atoms with Crippen LogP contribution in [0.4, 0.5) is 4.79 Å². The Morgan fingerprint density at radius 2 is 1.68 bits per heavy atom. The summed E-state index contributed by atoms with van der Waals surface area (Å²) in [6.45, 7) is 11.5. The molecule has 1 aliphatic heterocycles. The summed E-state index contributed by atoms with van der Waals surface area (Å²) in [5.74, 6) is -1.05. The maximum Gasteiger partial charge on any atom is 0.411 e. The Balaban J connectivity index is 2.99. The fourth-order valence-electron chi connectivity index (χ4n) is 2.25. The number of hydrogen-bond donors (Lipinski definition) is 0. The Hall–Kier alpha value is -2.05. The average Bonchev–Trinajstić information content (AvgIpc) is 2.64. The summed E-state index contributed by atoms with van der Waals surface area (Å²) in [7, 11) is 0. The van der Waals surface area contributed by atoms with Crippen LogP contribution in [-0.2, 0) is 23.8 Å². The molecule has 0 aromatic carbocycles. The van der Waals surface area contributed by atoms with Crippen molar-refractivity contribution in [2.24, 2.45) is 0 Å². The van der Waals surface area contributed by atoms with Crippen molar-refractivity contribution in [1.82, 2.24) is 4.90 Å². The third-order valence-electron chi connectivity index (χ3n) is 2.93. The van der Waals surface area contributed by atoms with Crippen molar-refractivity contribution in [3.8, 4) is 0 Å². The van der Waals surface area contributed by atoms with E-state index in [2.05, 4.69) is 6.58 Å². The van der Waals surface area contributed by atoms with Crippen LogP contribution in [0.2, 0.25) is 0 Å². The number of amides is 1. The number of esters is 2. The number of carbonyl (C=O) groups excluding carboxylic acids is 3. The largest absolute Gasteiger partial charge is 0.457 e. The van der Waals surface area contributed by atoms with Crippen LogP contribution in [0.25, 0.3) is 0 Å². The van der Waals surface area contributed by atoms with Gasteiger partial charge >= 0.3 is 18.0 Å². The average molecular weight is 313 g/mol. The van der Waals surface area contributed by atoms with Crippen molar-refractivity contribution in [2.75, 3.05) is 6.54 Å². The zero-order valence-electron chi connectivity index (χ0n) is 13.6. The summed E-state index contributed by atoms with van der Waals surface area (Å²) in [6, 6.07) is -0.622. The van der Waals surface area contributed by atoms with Crippen molar-refractivity contribution < 1.29 is 28.6 Å². The highest BCUT2D eigenvalue weighted by Gasteiger charge is 2.47. The van der Waals surface area contributed by atoms with E-state index in [1.807, 2.05) is 0 Å². The Labute approximate surface area is 130 Å². The van der Waals surface area contributed by atoms with E-state index >= 15 is 0 Å². The summed E-state index contributed by atoms with van der Waals surface area (Å²) < 4.78 is 15.7. The maximum atomic E-state index is 12.3. The van der Waals surface area contributed by atoms with Crippen LogP contribution in [-0.4, -0.2) is 53.3 Å². The minimum Gasteiger partial charge on any atom is -0.457 e. The first-order chi connectivity index (χ1) is 10.0. The molecule has 0 radical (unpaired) electrons. The van der Waals surface area contributed by atoms with Crippen molar-refractivity contribution in [1.29, 1.82) is 0 Å². The van der Waals surface area contributed by atoms with Crippen LogP contribution in [0.3, 0.4) is 0 Å². The Morgan fingerprint density at radius 1 is 1.14 bits per heavy atom. The second-order valence-corrected chi connectivity index (χ2v) is 6.08. The Morgan fingerprint density at radius 3 is 2.09 bits per heavy atom.